The molecule has 0 aromatic heterocycles. The summed E-state index contributed by atoms with van der Waals surface area (Å²) in [6.45, 7) is 0. The number of halogens is 3. The van der Waals surface area contributed by atoms with Crippen molar-refractivity contribution in [3.05, 3.63) is 63.1 Å². The maximum atomic E-state index is 11.9. The molecule has 6 heteroatoms. The SMILES string of the molecule is COC(=O)[C@@H](Cc1cccc(Cl)c1)Oc1cc(Cl)cc(Cl)c1. The average Bonchev–Trinajstić information content (AvgIpc) is 2.44. The van der Waals surface area contributed by atoms with Crippen molar-refractivity contribution in [2.45, 2.75) is 12.5 Å². The van der Waals surface area contributed by atoms with Gasteiger partial charge in [-0.3, -0.25) is 0 Å². The van der Waals surface area contributed by atoms with E-state index in [1.807, 2.05) is 12.1 Å². The molecule has 0 saturated carbocycles. The van der Waals surface area contributed by atoms with Crippen LogP contribution in [0, 0.1) is 0 Å². The Balaban J connectivity index is 2.21. The van der Waals surface area contributed by atoms with E-state index in [0.717, 1.165) is 5.56 Å². The molecule has 0 fully saturated rings. The Hall–Kier alpha value is -1.42. The minimum atomic E-state index is -0.821. The molecule has 22 heavy (non-hydrogen) atoms. The van der Waals surface area contributed by atoms with Crippen molar-refractivity contribution in [2.24, 2.45) is 0 Å². The van der Waals surface area contributed by atoms with Gasteiger partial charge in [0.05, 0.1) is 7.11 Å². The van der Waals surface area contributed by atoms with Crippen LogP contribution in [0.3, 0.4) is 0 Å². The first-order chi connectivity index (χ1) is 10.5. The summed E-state index contributed by atoms with van der Waals surface area (Å²) in [5.41, 5.74) is 0.857. The summed E-state index contributed by atoms with van der Waals surface area (Å²) in [6, 6.07) is 11.9. The number of carbonyl (C=O) groups is 1. The van der Waals surface area contributed by atoms with E-state index in [9.17, 15) is 4.79 Å². The van der Waals surface area contributed by atoms with Crippen LogP contribution in [-0.4, -0.2) is 19.2 Å². The van der Waals surface area contributed by atoms with Crippen LogP contribution >= 0.6 is 34.8 Å². The van der Waals surface area contributed by atoms with Crippen LogP contribution in [0.5, 0.6) is 5.75 Å². The maximum absolute atomic E-state index is 11.9. The molecule has 0 amide bonds. The fourth-order valence-electron chi connectivity index (χ4n) is 1.94. The number of hydrogen-bond acceptors (Lipinski definition) is 3. The highest BCUT2D eigenvalue weighted by Gasteiger charge is 2.22. The molecule has 0 aliphatic heterocycles. The zero-order valence-electron chi connectivity index (χ0n) is 11.7. The topological polar surface area (TPSA) is 35.5 Å². The van der Waals surface area contributed by atoms with Crippen molar-refractivity contribution in [3.63, 3.8) is 0 Å². The Bertz CT molecular complexity index is 653. The molecule has 2 rings (SSSR count). The van der Waals surface area contributed by atoms with Crippen molar-refractivity contribution in [1.82, 2.24) is 0 Å². The van der Waals surface area contributed by atoms with Gasteiger partial charge in [-0.05, 0) is 35.9 Å². The monoisotopic (exact) mass is 358 g/mol. The quantitative estimate of drug-likeness (QED) is 0.719. The molecule has 3 nitrogen and oxygen atoms in total. The van der Waals surface area contributed by atoms with E-state index < -0.39 is 12.1 Å². The van der Waals surface area contributed by atoms with Crippen LogP contribution in [0.25, 0.3) is 0 Å². The van der Waals surface area contributed by atoms with Crippen LogP contribution in [0.4, 0.5) is 0 Å². The number of hydrogen-bond donors (Lipinski definition) is 0. The van der Waals surface area contributed by atoms with Gasteiger partial charge in [0.1, 0.15) is 5.75 Å². The van der Waals surface area contributed by atoms with Crippen LogP contribution in [0.15, 0.2) is 42.5 Å². The van der Waals surface area contributed by atoms with Crippen molar-refractivity contribution >= 4 is 40.8 Å². The highest BCUT2D eigenvalue weighted by atomic mass is 35.5. The highest BCUT2D eigenvalue weighted by Crippen LogP contribution is 2.26. The van der Waals surface area contributed by atoms with Crippen molar-refractivity contribution in [1.29, 1.82) is 0 Å². The Kier molecular flexibility index (Phi) is 5.95. The van der Waals surface area contributed by atoms with Gasteiger partial charge in [0.25, 0.3) is 0 Å². The molecule has 0 N–H and O–H groups in total. The summed E-state index contributed by atoms with van der Waals surface area (Å²) in [5, 5.41) is 1.44. The molecular weight excluding hydrogens is 347 g/mol. The molecule has 0 aliphatic carbocycles. The standard InChI is InChI=1S/C16H13Cl3O3/c1-21-16(20)15(6-10-3-2-4-11(17)5-10)22-14-8-12(18)7-13(19)9-14/h2-5,7-9,15H,6H2,1H3/t15-/m1/s1. The summed E-state index contributed by atoms with van der Waals surface area (Å²) >= 11 is 17.8. The van der Waals surface area contributed by atoms with Gasteiger partial charge in [-0.15, -0.1) is 0 Å². The lowest BCUT2D eigenvalue weighted by atomic mass is 10.1. The van der Waals surface area contributed by atoms with Gasteiger partial charge in [-0.1, -0.05) is 46.9 Å². The van der Waals surface area contributed by atoms with Gasteiger partial charge in [0.15, 0.2) is 6.10 Å². The fraction of sp³-hybridized carbons (Fsp3) is 0.188. The summed E-state index contributed by atoms with van der Waals surface area (Å²) in [7, 11) is 1.31. The lowest BCUT2D eigenvalue weighted by Gasteiger charge is -2.17. The zero-order valence-corrected chi connectivity index (χ0v) is 14.0. The maximum Gasteiger partial charge on any atom is 0.347 e. The van der Waals surface area contributed by atoms with Crippen molar-refractivity contribution in [3.8, 4) is 5.75 Å². The fourth-order valence-corrected chi connectivity index (χ4v) is 2.66. The Labute approximate surface area is 143 Å². The smallest absolute Gasteiger partial charge is 0.347 e. The number of rotatable bonds is 5. The predicted molar refractivity (Wildman–Crippen MR) is 88.1 cm³/mol. The second-order valence-electron chi connectivity index (χ2n) is 4.57. The third-order valence-electron chi connectivity index (χ3n) is 2.89. The van der Waals surface area contributed by atoms with Crippen LogP contribution in [-0.2, 0) is 16.0 Å². The number of carbonyl (C=O) groups excluding carboxylic acids is 1. The Morgan fingerprint density at radius 3 is 2.32 bits per heavy atom. The van der Waals surface area contributed by atoms with Gasteiger partial charge < -0.3 is 9.47 Å². The van der Waals surface area contributed by atoms with E-state index in [4.69, 9.17) is 44.3 Å². The van der Waals surface area contributed by atoms with E-state index in [-0.39, 0.29) is 0 Å². The van der Waals surface area contributed by atoms with E-state index in [1.54, 1.807) is 30.3 Å². The molecule has 0 spiro atoms. The summed E-state index contributed by atoms with van der Waals surface area (Å²) in [6.07, 6.45) is -0.504. The van der Waals surface area contributed by atoms with Gasteiger partial charge >= 0.3 is 5.97 Å². The molecule has 0 unspecified atom stereocenters. The third-order valence-corrected chi connectivity index (χ3v) is 3.56. The molecular formula is C16H13Cl3O3. The minimum absolute atomic E-state index is 0.317. The van der Waals surface area contributed by atoms with Gasteiger partial charge in [0.2, 0.25) is 0 Å². The summed E-state index contributed by atoms with van der Waals surface area (Å²) in [5.74, 6) is -0.0917. The molecule has 0 radical (unpaired) electrons. The second kappa shape index (κ2) is 7.73. The molecule has 2 aromatic carbocycles. The lowest BCUT2D eigenvalue weighted by molar-refractivity contribution is -0.148. The van der Waals surface area contributed by atoms with E-state index in [0.29, 0.717) is 27.2 Å². The van der Waals surface area contributed by atoms with E-state index in [1.165, 1.54) is 7.11 Å². The minimum Gasteiger partial charge on any atom is -0.478 e. The average molecular weight is 360 g/mol. The number of esters is 1. The zero-order chi connectivity index (χ0) is 16.1. The first kappa shape index (κ1) is 16.9. The van der Waals surface area contributed by atoms with Gasteiger partial charge in [-0.2, -0.15) is 0 Å². The lowest BCUT2D eigenvalue weighted by Crippen LogP contribution is -2.30. The van der Waals surface area contributed by atoms with Crippen molar-refractivity contribution in [2.75, 3.05) is 7.11 Å². The molecule has 0 aliphatic rings. The summed E-state index contributed by atoms with van der Waals surface area (Å²) < 4.78 is 10.5. The molecule has 116 valence electrons. The van der Waals surface area contributed by atoms with Crippen molar-refractivity contribution < 1.29 is 14.3 Å². The van der Waals surface area contributed by atoms with Gasteiger partial charge in [0, 0.05) is 21.5 Å². The second-order valence-corrected chi connectivity index (χ2v) is 5.88. The number of benzene rings is 2. The number of ether oxygens (including phenoxy) is 2. The van der Waals surface area contributed by atoms with Crippen LogP contribution in [0.1, 0.15) is 5.56 Å². The van der Waals surface area contributed by atoms with Crippen LogP contribution in [0.2, 0.25) is 15.1 Å². The van der Waals surface area contributed by atoms with E-state index in [2.05, 4.69) is 0 Å². The van der Waals surface area contributed by atoms with E-state index >= 15 is 0 Å². The van der Waals surface area contributed by atoms with Crippen LogP contribution < -0.4 is 4.74 Å². The first-order valence-corrected chi connectivity index (χ1v) is 7.56. The molecule has 2 aromatic rings. The molecule has 0 bridgehead atoms. The number of methoxy groups -OCH3 is 1. The third kappa shape index (κ3) is 4.80. The predicted octanol–water partition coefficient (Wildman–Crippen LogP) is 4.81. The summed E-state index contributed by atoms with van der Waals surface area (Å²) in [4.78, 5) is 11.9. The Morgan fingerprint density at radius 1 is 1.05 bits per heavy atom. The molecule has 1 atom stereocenters. The normalized spacial score (nSPS) is 11.8. The molecule has 0 saturated heterocycles. The highest BCUT2D eigenvalue weighted by molar-refractivity contribution is 6.34. The Morgan fingerprint density at radius 2 is 1.73 bits per heavy atom. The first-order valence-electron chi connectivity index (χ1n) is 6.43. The van der Waals surface area contributed by atoms with Gasteiger partial charge in [-0.25, -0.2) is 4.79 Å². The molecule has 0 heterocycles. The largest absolute Gasteiger partial charge is 0.478 e.